The molecular formula is C29H28N2O5. The van der Waals surface area contributed by atoms with Gasteiger partial charge in [-0.15, -0.1) is 0 Å². The van der Waals surface area contributed by atoms with Crippen LogP contribution in [0.1, 0.15) is 67.8 Å². The van der Waals surface area contributed by atoms with Crippen LogP contribution in [0.25, 0.3) is 5.76 Å². The molecule has 1 amide bonds. The molecule has 3 aromatic carbocycles. The Labute approximate surface area is 209 Å². The van der Waals surface area contributed by atoms with Gasteiger partial charge < -0.3 is 5.11 Å². The minimum absolute atomic E-state index is 0.0564. The fourth-order valence-corrected chi connectivity index (χ4v) is 4.39. The summed E-state index contributed by atoms with van der Waals surface area (Å²) in [5.74, 6) is -1.32. The number of carbonyl (C=O) groups is 2. The Balaban J connectivity index is 1.88. The molecule has 7 nitrogen and oxygen atoms in total. The van der Waals surface area contributed by atoms with E-state index in [9.17, 15) is 24.8 Å². The number of non-ortho nitro benzene ring substituents is 1. The van der Waals surface area contributed by atoms with Gasteiger partial charge in [0.1, 0.15) is 5.76 Å². The molecule has 184 valence electrons. The molecule has 0 aromatic heterocycles. The number of hydrogen-bond acceptors (Lipinski definition) is 5. The molecule has 7 heteroatoms. The minimum atomic E-state index is -0.855. The first-order valence-corrected chi connectivity index (χ1v) is 11.9. The normalized spacial score (nSPS) is 17.3. The first kappa shape index (κ1) is 24.9. The van der Waals surface area contributed by atoms with Crippen molar-refractivity contribution in [1.82, 2.24) is 0 Å². The van der Waals surface area contributed by atoms with Gasteiger partial charge in [-0.1, -0.05) is 64.1 Å². The molecule has 0 saturated carbocycles. The smallest absolute Gasteiger partial charge is 0.300 e. The Morgan fingerprint density at radius 1 is 0.833 bits per heavy atom. The van der Waals surface area contributed by atoms with E-state index in [-0.39, 0.29) is 22.6 Å². The Morgan fingerprint density at radius 2 is 1.33 bits per heavy atom. The topological polar surface area (TPSA) is 101 Å². The predicted octanol–water partition coefficient (Wildman–Crippen LogP) is 6.47. The van der Waals surface area contributed by atoms with Crippen molar-refractivity contribution < 1.29 is 19.6 Å². The lowest BCUT2D eigenvalue weighted by Gasteiger charge is -2.26. The first-order valence-electron chi connectivity index (χ1n) is 11.9. The van der Waals surface area contributed by atoms with Crippen LogP contribution in [0.15, 0.2) is 78.4 Å². The fraction of sp³-hybridized carbons (Fsp3) is 0.241. The maximum Gasteiger partial charge on any atom is 0.300 e. The van der Waals surface area contributed by atoms with Crippen molar-refractivity contribution in [1.29, 1.82) is 0 Å². The average Bonchev–Trinajstić information content (AvgIpc) is 3.14. The molecule has 0 aliphatic carbocycles. The van der Waals surface area contributed by atoms with Crippen molar-refractivity contribution in [2.75, 3.05) is 4.90 Å². The molecule has 1 aliphatic rings. The highest BCUT2D eigenvalue weighted by atomic mass is 16.6. The summed E-state index contributed by atoms with van der Waals surface area (Å²) in [7, 11) is 0. The molecule has 1 aliphatic heterocycles. The van der Waals surface area contributed by atoms with Crippen molar-refractivity contribution in [3.05, 3.63) is 111 Å². The molecule has 0 spiro atoms. The van der Waals surface area contributed by atoms with Gasteiger partial charge in [-0.2, -0.15) is 0 Å². The molecule has 4 rings (SSSR count). The van der Waals surface area contributed by atoms with Crippen molar-refractivity contribution in [2.24, 2.45) is 0 Å². The number of amides is 1. The van der Waals surface area contributed by atoms with Crippen molar-refractivity contribution in [3.63, 3.8) is 0 Å². The maximum absolute atomic E-state index is 13.3. The van der Waals surface area contributed by atoms with Crippen LogP contribution in [0.4, 0.5) is 11.4 Å². The molecular weight excluding hydrogens is 456 g/mol. The van der Waals surface area contributed by atoms with Crippen LogP contribution in [0.5, 0.6) is 0 Å². The Hall–Kier alpha value is -4.26. The molecule has 0 radical (unpaired) electrons. The molecule has 1 atom stereocenters. The number of hydrogen-bond donors (Lipinski definition) is 1. The number of Topliss-reactive ketones (excluding diaryl/α,β-unsaturated/α-hetero) is 1. The van der Waals surface area contributed by atoms with E-state index < -0.39 is 22.7 Å². The molecule has 3 aromatic rings. The van der Waals surface area contributed by atoms with Gasteiger partial charge in [-0.05, 0) is 52.8 Å². The summed E-state index contributed by atoms with van der Waals surface area (Å²) >= 11 is 0. The minimum Gasteiger partial charge on any atom is -0.507 e. The molecule has 1 N–H and O–H groups in total. The fourth-order valence-electron chi connectivity index (χ4n) is 4.39. The number of nitro benzene ring substituents is 1. The van der Waals surface area contributed by atoms with Crippen molar-refractivity contribution in [2.45, 2.75) is 45.6 Å². The summed E-state index contributed by atoms with van der Waals surface area (Å²) in [6.07, 6.45) is 0. The monoisotopic (exact) mass is 484 g/mol. The zero-order valence-electron chi connectivity index (χ0n) is 20.6. The lowest BCUT2D eigenvalue weighted by atomic mass is 9.93. The van der Waals surface area contributed by atoms with E-state index in [1.165, 1.54) is 29.2 Å². The standard InChI is InChI=1S/C29H28N2O5/c1-17(2)19-5-7-21(8-6-19)26-25(27(32)22-11-15-24(16-12-22)31(35)36)28(33)29(34)30(26)23-13-9-20(10-14-23)18(3)4/h5-18,26,32H,1-4H3/b27-25-. The molecule has 1 saturated heterocycles. The van der Waals surface area contributed by atoms with Gasteiger partial charge in [0.15, 0.2) is 0 Å². The van der Waals surface area contributed by atoms with E-state index >= 15 is 0 Å². The predicted molar refractivity (Wildman–Crippen MR) is 139 cm³/mol. The van der Waals surface area contributed by atoms with E-state index in [0.29, 0.717) is 23.1 Å². The number of nitrogens with zero attached hydrogens (tertiary/aromatic N) is 2. The number of aliphatic hydroxyl groups excluding tert-OH is 1. The quantitative estimate of drug-likeness (QED) is 0.142. The second kappa shape index (κ2) is 9.77. The van der Waals surface area contributed by atoms with E-state index in [0.717, 1.165) is 11.1 Å². The molecule has 0 bridgehead atoms. The summed E-state index contributed by atoms with van der Waals surface area (Å²) < 4.78 is 0. The highest BCUT2D eigenvalue weighted by molar-refractivity contribution is 6.51. The highest BCUT2D eigenvalue weighted by Crippen LogP contribution is 2.42. The second-order valence-corrected chi connectivity index (χ2v) is 9.54. The Morgan fingerprint density at radius 3 is 1.81 bits per heavy atom. The molecule has 1 heterocycles. The van der Waals surface area contributed by atoms with Gasteiger partial charge in [0.25, 0.3) is 17.4 Å². The van der Waals surface area contributed by atoms with Crippen LogP contribution in [0.2, 0.25) is 0 Å². The summed E-state index contributed by atoms with van der Waals surface area (Å²) in [4.78, 5) is 38.5. The van der Waals surface area contributed by atoms with Gasteiger partial charge in [0, 0.05) is 23.4 Å². The number of nitro groups is 1. The van der Waals surface area contributed by atoms with Crippen LogP contribution in [-0.2, 0) is 9.59 Å². The third-order valence-corrected chi connectivity index (χ3v) is 6.55. The van der Waals surface area contributed by atoms with Crippen LogP contribution >= 0.6 is 0 Å². The lowest BCUT2D eigenvalue weighted by molar-refractivity contribution is -0.384. The molecule has 36 heavy (non-hydrogen) atoms. The summed E-state index contributed by atoms with van der Waals surface area (Å²) in [5.41, 5.74) is 3.44. The van der Waals surface area contributed by atoms with E-state index in [1.807, 2.05) is 48.5 Å². The molecule has 1 fully saturated rings. The van der Waals surface area contributed by atoms with Crippen molar-refractivity contribution in [3.8, 4) is 0 Å². The number of anilines is 1. The summed E-state index contributed by atoms with van der Waals surface area (Å²) in [6.45, 7) is 8.29. The number of carbonyl (C=O) groups excluding carboxylic acids is 2. The Bertz CT molecular complexity index is 1340. The van der Waals surface area contributed by atoms with Crippen LogP contribution in [0.3, 0.4) is 0 Å². The molecule has 1 unspecified atom stereocenters. The number of ketones is 1. The maximum atomic E-state index is 13.3. The van der Waals surface area contributed by atoms with Gasteiger partial charge in [-0.3, -0.25) is 24.6 Å². The van der Waals surface area contributed by atoms with Gasteiger partial charge in [0.2, 0.25) is 0 Å². The van der Waals surface area contributed by atoms with E-state index in [2.05, 4.69) is 27.7 Å². The SMILES string of the molecule is CC(C)c1ccc(C2/C(=C(/O)c3ccc([N+](=O)[O-])cc3)C(=O)C(=O)N2c2ccc(C(C)C)cc2)cc1. The number of benzene rings is 3. The summed E-state index contributed by atoms with van der Waals surface area (Å²) in [6, 6.07) is 19.5. The first-order chi connectivity index (χ1) is 17.1. The number of aliphatic hydroxyl groups is 1. The zero-order valence-corrected chi connectivity index (χ0v) is 20.6. The van der Waals surface area contributed by atoms with Crippen LogP contribution < -0.4 is 4.90 Å². The van der Waals surface area contributed by atoms with E-state index in [1.54, 1.807) is 0 Å². The second-order valence-electron chi connectivity index (χ2n) is 9.54. The zero-order chi connectivity index (χ0) is 26.1. The van der Waals surface area contributed by atoms with Gasteiger partial charge in [-0.25, -0.2) is 0 Å². The summed E-state index contributed by atoms with van der Waals surface area (Å²) in [5, 5.41) is 22.2. The van der Waals surface area contributed by atoms with Gasteiger partial charge >= 0.3 is 0 Å². The highest BCUT2D eigenvalue weighted by Gasteiger charge is 2.47. The Kier molecular flexibility index (Phi) is 6.75. The van der Waals surface area contributed by atoms with Crippen LogP contribution in [0, 0.1) is 10.1 Å². The average molecular weight is 485 g/mol. The lowest BCUT2D eigenvalue weighted by Crippen LogP contribution is -2.29. The van der Waals surface area contributed by atoms with Gasteiger partial charge in [0.05, 0.1) is 16.5 Å². The largest absolute Gasteiger partial charge is 0.507 e. The van der Waals surface area contributed by atoms with Crippen molar-refractivity contribution >= 4 is 28.8 Å². The number of rotatable bonds is 6. The third kappa shape index (κ3) is 4.52. The third-order valence-electron chi connectivity index (χ3n) is 6.55. The van der Waals surface area contributed by atoms with E-state index in [4.69, 9.17) is 0 Å². The van der Waals surface area contributed by atoms with Crippen LogP contribution in [-0.4, -0.2) is 21.7 Å².